The molecule has 2 fully saturated rings. The molecule has 4 unspecified atom stereocenters. The number of aliphatic carboxylic acids is 1. The Bertz CT molecular complexity index is 564. The Labute approximate surface area is 126 Å². The van der Waals surface area contributed by atoms with Crippen LogP contribution in [0.25, 0.3) is 0 Å². The molecule has 4 atom stereocenters. The molecule has 3 aliphatic carbocycles. The fourth-order valence-electron chi connectivity index (χ4n) is 5.55. The molecule has 0 spiro atoms. The molecular formula is C19H24O2. The lowest BCUT2D eigenvalue weighted by Crippen LogP contribution is -2.38. The van der Waals surface area contributed by atoms with E-state index in [4.69, 9.17) is 0 Å². The Morgan fingerprint density at radius 2 is 2.10 bits per heavy atom. The van der Waals surface area contributed by atoms with Gasteiger partial charge in [-0.15, -0.1) is 0 Å². The number of hydrogen-bond acceptors (Lipinski definition) is 1. The second kappa shape index (κ2) is 4.86. The first-order valence-corrected chi connectivity index (χ1v) is 8.50. The minimum absolute atomic E-state index is 0.419. The summed E-state index contributed by atoms with van der Waals surface area (Å²) in [4.78, 5) is 12.1. The summed E-state index contributed by atoms with van der Waals surface area (Å²) >= 11 is 0. The highest BCUT2D eigenvalue weighted by Gasteiger charge is 2.56. The van der Waals surface area contributed by atoms with Crippen LogP contribution in [0.3, 0.4) is 0 Å². The van der Waals surface area contributed by atoms with Gasteiger partial charge in [0.25, 0.3) is 0 Å². The lowest BCUT2D eigenvalue weighted by atomic mass is 9.65. The maximum Gasteiger partial charge on any atom is 0.309 e. The smallest absolute Gasteiger partial charge is 0.309 e. The minimum Gasteiger partial charge on any atom is -0.481 e. The predicted molar refractivity (Wildman–Crippen MR) is 82.3 cm³/mol. The van der Waals surface area contributed by atoms with E-state index < -0.39 is 11.4 Å². The van der Waals surface area contributed by atoms with Gasteiger partial charge >= 0.3 is 5.97 Å². The second-order valence-electron chi connectivity index (χ2n) is 7.53. The first-order chi connectivity index (χ1) is 10.2. The molecule has 0 aromatic heterocycles. The third-order valence-corrected chi connectivity index (χ3v) is 6.51. The standard InChI is InChI=1S/C19H24O2/c20-18(21)19(11-13-8-9-16(19)10-13)12-15-6-3-5-14-4-1-2-7-17(14)15/h1-2,4,7,13,15-16H,3,5-6,8-12H2,(H,20,21). The molecule has 0 radical (unpaired) electrons. The van der Waals surface area contributed by atoms with Crippen LogP contribution in [-0.4, -0.2) is 11.1 Å². The van der Waals surface area contributed by atoms with Crippen LogP contribution in [0.1, 0.15) is 62.0 Å². The van der Waals surface area contributed by atoms with E-state index in [2.05, 4.69) is 24.3 Å². The maximum atomic E-state index is 12.1. The molecule has 0 heterocycles. The zero-order valence-electron chi connectivity index (χ0n) is 12.6. The quantitative estimate of drug-likeness (QED) is 0.894. The Hall–Kier alpha value is -1.31. The van der Waals surface area contributed by atoms with Crippen LogP contribution in [-0.2, 0) is 11.2 Å². The van der Waals surface area contributed by atoms with E-state index in [0.29, 0.717) is 17.8 Å². The summed E-state index contributed by atoms with van der Waals surface area (Å²) in [5, 5.41) is 9.96. The van der Waals surface area contributed by atoms with Gasteiger partial charge < -0.3 is 5.11 Å². The van der Waals surface area contributed by atoms with Crippen molar-refractivity contribution in [2.75, 3.05) is 0 Å². The first kappa shape index (κ1) is 13.4. The van der Waals surface area contributed by atoms with Gasteiger partial charge in [0, 0.05) is 0 Å². The number of carbonyl (C=O) groups is 1. The fraction of sp³-hybridized carbons (Fsp3) is 0.632. The third kappa shape index (κ3) is 2.03. The predicted octanol–water partition coefficient (Wildman–Crippen LogP) is 4.39. The molecule has 0 amide bonds. The topological polar surface area (TPSA) is 37.3 Å². The van der Waals surface area contributed by atoms with Gasteiger partial charge in [-0.3, -0.25) is 4.79 Å². The van der Waals surface area contributed by atoms with Gasteiger partial charge in [-0.1, -0.05) is 30.7 Å². The average molecular weight is 284 g/mol. The van der Waals surface area contributed by atoms with Crippen LogP contribution in [0.5, 0.6) is 0 Å². The van der Waals surface area contributed by atoms with Crippen molar-refractivity contribution in [3.05, 3.63) is 35.4 Å². The summed E-state index contributed by atoms with van der Waals surface area (Å²) in [7, 11) is 0. The zero-order chi connectivity index (χ0) is 14.4. The van der Waals surface area contributed by atoms with Crippen molar-refractivity contribution in [3.8, 4) is 0 Å². The van der Waals surface area contributed by atoms with Crippen molar-refractivity contribution in [2.24, 2.45) is 17.3 Å². The molecule has 2 saturated carbocycles. The lowest BCUT2D eigenvalue weighted by Gasteiger charge is -2.38. The summed E-state index contributed by atoms with van der Waals surface area (Å²) in [6.45, 7) is 0. The van der Waals surface area contributed by atoms with Crippen molar-refractivity contribution < 1.29 is 9.90 Å². The van der Waals surface area contributed by atoms with Gasteiger partial charge in [0.05, 0.1) is 5.41 Å². The highest BCUT2D eigenvalue weighted by atomic mass is 16.4. The second-order valence-corrected chi connectivity index (χ2v) is 7.53. The summed E-state index contributed by atoms with van der Waals surface area (Å²) in [5.74, 6) is 1.07. The molecule has 3 aliphatic rings. The highest BCUT2D eigenvalue weighted by molar-refractivity contribution is 5.76. The first-order valence-electron chi connectivity index (χ1n) is 8.50. The number of fused-ring (bicyclic) bond motifs is 3. The van der Waals surface area contributed by atoms with Crippen LogP contribution >= 0.6 is 0 Å². The number of carboxylic acid groups (broad SMARTS) is 1. The number of carboxylic acids is 1. The molecule has 0 aliphatic heterocycles. The Balaban J connectivity index is 1.65. The van der Waals surface area contributed by atoms with Crippen molar-refractivity contribution in [1.29, 1.82) is 0 Å². The number of benzene rings is 1. The van der Waals surface area contributed by atoms with E-state index >= 15 is 0 Å². The summed E-state index contributed by atoms with van der Waals surface area (Å²) in [5.41, 5.74) is 2.47. The van der Waals surface area contributed by atoms with E-state index in [0.717, 1.165) is 19.3 Å². The Morgan fingerprint density at radius 1 is 1.24 bits per heavy atom. The number of rotatable bonds is 3. The van der Waals surface area contributed by atoms with E-state index in [1.165, 1.54) is 43.2 Å². The van der Waals surface area contributed by atoms with E-state index in [-0.39, 0.29) is 0 Å². The number of hydrogen-bond donors (Lipinski definition) is 1. The Kier molecular flexibility index (Phi) is 3.09. The van der Waals surface area contributed by atoms with Crippen molar-refractivity contribution >= 4 is 5.97 Å². The van der Waals surface area contributed by atoms with Gasteiger partial charge in [0.1, 0.15) is 0 Å². The van der Waals surface area contributed by atoms with Crippen LogP contribution in [0.15, 0.2) is 24.3 Å². The molecular weight excluding hydrogens is 260 g/mol. The van der Waals surface area contributed by atoms with Crippen molar-refractivity contribution in [2.45, 2.75) is 57.3 Å². The molecule has 1 aromatic rings. The van der Waals surface area contributed by atoms with Crippen LogP contribution in [0, 0.1) is 17.3 Å². The van der Waals surface area contributed by atoms with Gasteiger partial charge in [-0.25, -0.2) is 0 Å². The van der Waals surface area contributed by atoms with Gasteiger partial charge in [-0.2, -0.15) is 0 Å². The van der Waals surface area contributed by atoms with E-state index in [1.807, 2.05) is 0 Å². The normalized spacial score (nSPS) is 37.4. The molecule has 112 valence electrons. The number of aryl methyl sites for hydroxylation is 1. The summed E-state index contributed by atoms with van der Waals surface area (Å²) in [6, 6.07) is 8.70. The maximum absolute atomic E-state index is 12.1. The van der Waals surface area contributed by atoms with Gasteiger partial charge in [0.2, 0.25) is 0 Å². The largest absolute Gasteiger partial charge is 0.481 e. The van der Waals surface area contributed by atoms with Gasteiger partial charge in [-0.05, 0) is 73.8 Å². The molecule has 0 saturated heterocycles. The average Bonchev–Trinajstić information content (AvgIpc) is 3.09. The summed E-state index contributed by atoms with van der Waals surface area (Å²) in [6.07, 6.45) is 8.94. The third-order valence-electron chi connectivity index (χ3n) is 6.51. The van der Waals surface area contributed by atoms with Crippen LogP contribution in [0.2, 0.25) is 0 Å². The highest BCUT2D eigenvalue weighted by Crippen LogP contribution is 2.60. The molecule has 4 rings (SSSR count). The molecule has 2 nitrogen and oxygen atoms in total. The minimum atomic E-state index is -0.516. The fourth-order valence-corrected chi connectivity index (χ4v) is 5.55. The van der Waals surface area contributed by atoms with Crippen molar-refractivity contribution in [1.82, 2.24) is 0 Å². The van der Waals surface area contributed by atoms with Crippen LogP contribution < -0.4 is 0 Å². The van der Waals surface area contributed by atoms with E-state index in [1.54, 1.807) is 0 Å². The molecule has 2 heteroatoms. The Morgan fingerprint density at radius 3 is 2.81 bits per heavy atom. The monoisotopic (exact) mass is 284 g/mol. The van der Waals surface area contributed by atoms with Crippen molar-refractivity contribution in [3.63, 3.8) is 0 Å². The van der Waals surface area contributed by atoms with Crippen LogP contribution in [0.4, 0.5) is 0 Å². The van der Waals surface area contributed by atoms with E-state index in [9.17, 15) is 9.90 Å². The molecule has 21 heavy (non-hydrogen) atoms. The van der Waals surface area contributed by atoms with Gasteiger partial charge in [0.15, 0.2) is 0 Å². The SMILES string of the molecule is O=C(O)C1(CC2CCCc3ccccc32)CC2CCC1C2. The zero-order valence-corrected chi connectivity index (χ0v) is 12.6. The summed E-state index contributed by atoms with van der Waals surface area (Å²) < 4.78 is 0. The molecule has 1 N–H and O–H groups in total. The lowest BCUT2D eigenvalue weighted by molar-refractivity contribution is -0.153. The molecule has 1 aromatic carbocycles. The molecule has 2 bridgehead atoms.